The number of hydrogen-bond acceptors (Lipinski definition) is 4. The monoisotopic (exact) mass is 222 g/mol. The fraction of sp³-hybridized carbons (Fsp3) is 0.364. The van der Waals surface area contributed by atoms with Crippen LogP contribution in [0.5, 0.6) is 0 Å². The van der Waals surface area contributed by atoms with Crippen LogP contribution in [-0.2, 0) is 4.79 Å². The summed E-state index contributed by atoms with van der Waals surface area (Å²) in [5, 5.41) is 8.59. The van der Waals surface area contributed by atoms with Crippen molar-refractivity contribution in [3.05, 3.63) is 29.1 Å². The van der Waals surface area contributed by atoms with E-state index < -0.39 is 12.0 Å². The third-order valence-corrected chi connectivity index (χ3v) is 2.11. The smallest absolute Gasteiger partial charge is 0.320 e. The number of nitrogens with zero attached hydrogens (tertiary/aromatic N) is 1. The van der Waals surface area contributed by atoms with Crippen molar-refractivity contribution in [3.63, 3.8) is 0 Å². The molecule has 1 rings (SSSR count). The summed E-state index contributed by atoms with van der Waals surface area (Å²) in [6, 6.07) is 2.30. The Labute approximate surface area is 93.3 Å². The first-order chi connectivity index (χ1) is 7.40. The maximum Gasteiger partial charge on any atom is 0.320 e. The lowest BCUT2D eigenvalue weighted by Crippen LogP contribution is -2.32. The summed E-state index contributed by atoms with van der Waals surface area (Å²) >= 11 is 0. The van der Waals surface area contributed by atoms with E-state index in [1.807, 2.05) is 13.0 Å². The fourth-order valence-corrected chi connectivity index (χ4v) is 1.38. The van der Waals surface area contributed by atoms with Crippen molar-refractivity contribution in [2.45, 2.75) is 26.3 Å². The zero-order valence-corrected chi connectivity index (χ0v) is 9.23. The summed E-state index contributed by atoms with van der Waals surface area (Å²) in [4.78, 5) is 26.2. The third kappa shape index (κ3) is 3.13. The van der Waals surface area contributed by atoms with E-state index >= 15 is 0 Å². The van der Waals surface area contributed by atoms with E-state index in [-0.39, 0.29) is 17.9 Å². The Morgan fingerprint density at radius 1 is 1.44 bits per heavy atom. The maximum atomic E-state index is 11.7. The van der Waals surface area contributed by atoms with Crippen LogP contribution in [0.3, 0.4) is 0 Å². The molecule has 0 fully saturated rings. The predicted octanol–water partition coefficient (Wildman–Crippen LogP) is 0.683. The highest BCUT2D eigenvalue weighted by Gasteiger charge is 2.18. The molecular formula is C11H14N2O3. The fourth-order valence-electron chi connectivity index (χ4n) is 1.38. The predicted molar refractivity (Wildman–Crippen MR) is 58.3 cm³/mol. The molecule has 16 heavy (non-hydrogen) atoms. The minimum Gasteiger partial charge on any atom is -0.480 e. The number of Topliss-reactive ketones (excluding diaryl/α,β-unsaturated/α-hetero) is 1. The molecule has 86 valence electrons. The van der Waals surface area contributed by atoms with Crippen molar-refractivity contribution in [3.8, 4) is 0 Å². The van der Waals surface area contributed by atoms with Crippen LogP contribution in [0.25, 0.3) is 0 Å². The van der Waals surface area contributed by atoms with Crippen molar-refractivity contribution < 1.29 is 14.7 Å². The van der Waals surface area contributed by atoms with E-state index in [1.165, 1.54) is 0 Å². The Kier molecular flexibility index (Phi) is 3.73. The number of pyridine rings is 1. The number of aromatic nitrogens is 1. The topological polar surface area (TPSA) is 93.3 Å². The minimum absolute atomic E-state index is 0.231. The van der Waals surface area contributed by atoms with Gasteiger partial charge in [-0.3, -0.25) is 14.6 Å². The van der Waals surface area contributed by atoms with Crippen LogP contribution in [0.2, 0.25) is 0 Å². The van der Waals surface area contributed by atoms with Gasteiger partial charge in [0.25, 0.3) is 0 Å². The lowest BCUT2D eigenvalue weighted by Gasteiger charge is -2.06. The van der Waals surface area contributed by atoms with Gasteiger partial charge in [-0.15, -0.1) is 0 Å². The number of nitrogens with two attached hydrogens (primary N) is 1. The Morgan fingerprint density at radius 3 is 2.56 bits per heavy atom. The highest BCUT2D eigenvalue weighted by atomic mass is 16.4. The third-order valence-electron chi connectivity index (χ3n) is 2.11. The van der Waals surface area contributed by atoms with Crippen LogP contribution in [0.15, 0.2) is 12.1 Å². The molecule has 0 saturated carbocycles. The van der Waals surface area contributed by atoms with Gasteiger partial charge in [-0.2, -0.15) is 0 Å². The number of aryl methyl sites for hydroxylation is 2. The Hall–Kier alpha value is -1.75. The molecule has 0 aromatic carbocycles. The summed E-state index contributed by atoms with van der Waals surface area (Å²) in [7, 11) is 0. The Bertz CT molecular complexity index is 409. The standard InChI is InChI=1S/C11H14N2O3/c1-6-3-7(2)13-9(4-6)10(14)5-8(12)11(15)16/h3-4,8H,5,12H2,1-2H3,(H,15,16). The van der Waals surface area contributed by atoms with Gasteiger partial charge in [0.1, 0.15) is 11.7 Å². The first-order valence-corrected chi connectivity index (χ1v) is 4.87. The normalized spacial score (nSPS) is 12.2. The Balaban J connectivity index is 2.84. The maximum absolute atomic E-state index is 11.7. The lowest BCUT2D eigenvalue weighted by atomic mass is 10.1. The minimum atomic E-state index is -1.18. The molecular weight excluding hydrogens is 208 g/mol. The van der Waals surface area contributed by atoms with E-state index in [2.05, 4.69) is 4.98 Å². The highest BCUT2D eigenvalue weighted by Crippen LogP contribution is 2.07. The molecule has 5 heteroatoms. The molecule has 0 aliphatic rings. The number of rotatable bonds is 4. The van der Waals surface area contributed by atoms with Gasteiger partial charge in [-0.1, -0.05) is 0 Å². The van der Waals surface area contributed by atoms with Crippen molar-refractivity contribution in [1.29, 1.82) is 0 Å². The number of carbonyl (C=O) groups is 2. The molecule has 1 atom stereocenters. The summed E-state index contributed by atoms with van der Waals surface area (Å²) in [5.74, 6) is -1.53. The molecule has 1 aromatic heterocycles. The van der Waals surface area contributed by atoms with Crippen LogP contribution in [0.1, 0.15) is 28.2 Å². The second-order valence-corrected chi connectivity index (χ2v) is 3.74. The Morgan fingerprint density at radius 2 is 2.06 bits per heavy atom. The van der Waals surface area contributed by atoms with Crippen molar-refractivity contribution >= 4 is 11.8 Å². The van der Waals surface area contributed by atoms with Gasteiger partial charge in [0.05, 0.1) is 0 Å². The van der Waals surface area contributed by atoms with Gasteiger partial charge in [-0.05, 0) is 31.5 Å². The van der Waals surface area contributed by atoms with Gasteiger partial charge in [0.15, 0.2) is 5.78 Å². The second-order valence-electron chi connectivity index (χ2n) is 3.74. The molecule has 5 nitrogen and oxygen atoms in total. The molecule has 0 radical (unpaired) electrons. The summed E-state index contributed by atoms with van der Waals surface area (Å²) in [5.41, 5.74) is 7.20. The number of carboxylic acids is 1. The van der Waals surface area contributed by atoms with Gasteiger partial charge in [0.2, 0.25) is 0 Å². The number of ketones is 1. The number of hydrogen-bond donors (Lipinski definition) is 2. The van der Waals surface area contributed by atoms with Gasteiger partial charge in [0, 0.05) is 12.1 Å². The molecule has 0 aliphatic heterocycles. The molecule has 3 N–H and O–H groups in total. The molecule has 0 amide bonds. The van der Waals surface area contributed by atoms with Crippen molar-refractivity contribution in [2.24, 2.45) is 5.73 Å². The number of aliphatic carboxylic acids is 1. The van der Waals surface area contributed by atoms with E-state index in [0.29, 0.717) is 0 Å². The SMILES string of the molecule is Cc1cc(C)nc(C(=O)CC(N)C(=O)O)c1. The first kappa shape index (κ1) is 12.3. The van der Waals surface area contributed by atoms with Crippen molar-refractivity contribution in [1.82, 2.24) is 4.98 Å². The van der Waals surface area contributed by atoms with Crippen LogP contribution >= 0.6 is 0 Å². The van der Waals surface area contributed by atoms with Crippen LogP contribution < -0.4 is 5.73 Å². The molecule has 0 saturated heterocycles. The molecule has 1 unspecified atom stereocenters. The van der Waals surface area contributed by atoms with Crippen molar-refractivity contribution in [2.75, 3.05) is 0 Å². The molecule has 1 heterocycles. The summed E-state index contributed by atoms with van der Waals surface area (Å²) in [6.07, 6.45) is -0.231. The van der Waals surface area contributed by atoms with E-state index in [0.717, 1.165) is 11.3 Å². The zero-order chi connectivity index (χ0) is 12.3. The molecule has 0 spiro atoms. The van der Waals surface area contributed by atoms with Gasteiger partial charge >= 0.3 is 5.97 Å². The molecule has 0 bridgehead atoms. The van der Waals surface area contributed by atoms with Crippen LogP contribution in [0, 0.1) is 13.8 Å². The average Bonchev–Trinajstić information content (AvgIpc) is 2.15. The van der Waals surface area contributed by atoms with Crippen LogP contribution in [-0.4, -0.2) is 27.9 Å². The number of carbonyl (C=O) groups excluding carboxylic acids is 1. The summed E-state index contributed by atoms with van der Waals surface area (Å²) in [6.45, 7) is 3.63. The molecule has 1 aromatic rings. The largest absolute Gasteiger partial charge is 0.480 e. The zero-order valence-electron chi connectivity index (χ0n) is 9.23. The van der Waals surface area contributed by atoms with Gasteiger partial charge in [-0.25, -0.2) is 0 Å². The van der Waals surface area contributed by atoms with E-state index in [9.17, 15) is 9.59 Å². The average molecular weight is 222 g/mol. The second kappa shape index (κ2) is 4.85. The van der Waals surface area contributed by atoms with Crippen LogP contribution in [0.4, 0.5) is 0 Å². The first-order valence-electron chi connectivity index (χ1n) is 4.87. The summed E-state index contributed by atoms with van der Waals surface area (Å²) < 4.78 is 0. The highest BCUT2D eigenvalue weighted by molar-refractivity contribution is 5.97. The van der Waals surface area contributed by atoms with E-state index in [1.54, 1.807) is 13.0 Å². The van der Waals surface area contributed by atoms with E-state index in [4.69, 9.17) is 10.8 Å². The number of carboxylic acid groups (broad SMARTS) is 1. The lowest BCUT2D eigenvalue weighted by molar-refractivity contribution is -0.138. The quantitative estimate of drug-likeness (QED) is 0.731. The molecule has 0 aliphatic carbocycles. The van der Waals surface area contributed by atoms with Gasteiger partial charge < -0.3 is 10.8 Å².